The summed E-state index contributed by atoms with van der Waals surface area (Å²) in [5, 5.41) is 43.5. The Morgan fingerprint density at radius 1 is 1.04 bits per heavy atom. The fraction of sp³-hybridized carbons (Fsp3) is 0.895. The maximum atomic E-state index is 10.9. The molecule has 0 radical (unpaired) electrons. The van der Waals surface area contributed by atoms with Gasteiger partial charge in [0, 0.05) is 23.7 Å². The maximum absolute atomic E-state index is 10.9. The zero-order chi connectivity index (χ0) is 18.1. The highest BCUT2D eigenvalue weighted by molar-refractivity contribution is 5.17. The zero-order valence-corrected chi connectivity index (χ0v) is 15.1. The first-order valence-corrected chi connectivity index (χ1v) is 9.01. The van der Waals surface area contributed by atoms with Crippen molar-refractivity contribution in [2.24, 2.45) is 22.7 Å². The van der Waals surface area contributed by atoms with Gasteiger partial charge in [-0.05, 0) is 25.2 Å². The van der Waals surface area contributed by atoms with Gasteiger partial charge in [0.05, 0.1) is 30.0 Å². The molecule has 3 rings (SSSR count). The number of rotatable bonds is 1. The van der Waals surface area contributed by atoms with Crippen molar-refractivity contribution in [2.45, 2.75) is 83.1 Å². The summed E-state index contributed by atoms with van der Waals surface area (Å²) in [6, 6.07) is 0. The van der Waals surface area contributed by atoms with E-state index in [1.54, 1.807) is 6.08 Å². The smallest absolute Gasteiger partial charge is 0.107 e. The van der Waals surface area contributed by atoms with Gasteiger partial charge in [-0.25, -0.2) is 0 Å². The SMILES string of the molecule is C=C[C@@]1(C)C[C@@H](O)[C@H]2[C@H](O1)C(O)C(O)[C@H]1C(C)(C)CC[C@H](O)C21C. The van der Waals surface area contributed by atoms with Crippen LogP contribution in [0.15, 0.2) is 12.7 Å². The molecular weight excluding hydrogens is 308 g/mol. The Bertz CT molecular complexity index is 520. The Morgan fingerprint density at radius 3 is 2.25 bits per heavy atom. The van der Waals surface area contributed by atoms with Crippen LogP contribution in [0, 0.1) is 22.7 Å². The predicted octanol–water partition coefficient (Wildman–Crippen LogP) is 1.24. The van der Waals surface area contributed by atoms with E-state index in [9.17, 15) is 20.4 Å². The van der Waals surface area contributed by atoms with E-state index in [1.807, 2.05) is 13.8 Å². The van der Waals surface area contributed by atoms with Crippen molar-refractivity contribution in [3.63, 3.8) is 0 Å². The highest BCUT2D eigenvalue weighted by Crippen LogP contribution is 2.62. The van der Waals surface area contributed by atoms with Gasteiger partial charge in [0.25, 0.3) is 0 Å². The van der Waals surface area contributed by atoms with E-state index in [1.165, 1.54) is 0 Å². The van der Waals surface area contributed by atoms with Crippen molar-refractivity contribution in [2.75, 3.05) is 0 Å². The van der Waals surface area contributed by atoms with Crippen LogP contribution in [0.3, 0.4) is 0 Å². The second-order valence-corrected chi connectivity index (χ2v) is 9.26. The molecule has 0 spiro atoms. The molecule has 24 heavy (non-hydrogen) atoms. The van der Waals surface area contributed by atoms with E-state index < -0.39 is 47.5 Å². The molecule has 2 aliphatic carbocycles. The summed E-state index contributed by atoms with van der Waals surface area (Å²) in [5.41, 5.74) is -1.70. The van der Waals surface area contributed by atoms with E-state index in [0.717, 1.165) is 6.42 Å². The minimum atomic E-state index is -1.09. The van der Waals surface area contributed by atoms with Gasteiger partial charge < -0.3 is 25.2 Å². The van der Waals surface area contributed by atoms with Crippen LogP contribution in [-0.4, -0.2) is 56.5 Å². The van der Waals surface area contributed by atoms with Crippen molar-refractivity contribution >= 4 is 0 Å². The summed E-state index contributed by atoms with van der Waals surface area (Å²) < 4.78 is 6.11. The molecule has 1 aliphatic heterocycles. The van der Waals surface area contributed by atoms with Crippen LogP contribution in [0.5, 0.6) is 0 Å². The molecule has 5 nitrogen and oxygen atoms in total. The average Bonchev–Trinajstić information content (AvgIpc) is 2.48. The molecule has 0 aromatic rings. The highest BCUT2D eigenvalue weighted by Gasteiger charge is 2.68. The standard InChI is InChI=1S/C19H32O5/c1-6-18(4)9-10(20)12-15(24-18)13(22)14(23)16-17(2,3)8-7-11(21)19(12,16)5/h6,10-16,20-23H,1,7-9H2,2-5H3/t10-,11+,12+,13?,14?,15+,16+,18+,19?/m1/s1. The number of hydrogen-bond donors (Lipinski definition) is 4. The van der Waals surface area contributed by atoms with Crippen molar-refractivity contribution in [1.82, 2.24) is 0 Å². The second-order valence-electron chi connectivity index (χ2n) is 9.26. The van der Waals surface area contributed by atoms with E-state index in [4.69, 9.17) is 4.74 Å². The molecule has 0 aromatic carbocycles. The number of hydrogen-bond acceptors (Lipinski definition) is 5. The third-order valence-electron chi connectivity index (χ3n) is 7.26. The molecule has 3 fully saturated rings. The van der Waals surface area contributed by atoms with Crippen LogP contribution in [0.4, 0.5) is 0 Å². The molecule has 9 atom stereocenters. The Kier molecular flexibility index (Phi) is 4.21. The minimum Gasteiger partial charge on any atom is -0.393 e. The zero-order valence-electron chi connectivity index (χ0n) is 15.1. The third kappa shape index (κ3) is 2.32. The van der Waals surface area contributed by atoms with Gasteiger partial charge in [-0.15, -0.1) is 6.58 Å². The van der Waals surface area contributed by atoms with Gasteiger partial charge in [0.15, 0.2) is 0 Å². The van der Waals surface area contributed by atoms with Gasteiger partial charge in [-0.2, -0.15) is 0 Å². The predicted molar refractivity (Wildman–Crippen MR) is 90.2 cm³/mol. The first-order chi connectivity index (χ1) is 11.0. The second kappa shape index (κ2) is 5.52. The first kappa shape index (κ1) is 18.3. The average molecular weight is 340 g/mol. The Balaban J connectivity index is 2.10. The summed E-state index contributed by atoms with van der Waals surface area (Å²) in [6.07, 6.45) is -0.781. The van der Waals surface area contributed by atoms with Gasteiger partial charge in [0.2, 0.25) is 0 Å². The summed E-state index contributed by atoms with van der Waals surface area (Å²) in [6.45, 7) is 11.7. The van der Waals surface area contributed by atoms with Crippen molar-refractivity contribution in [3.05, 3.63) is 12.7 Å². The Morgan fingerprint density at radius 2 is 1.67 bits per heavy atom. The van der Waals surface area contributed by atoms with Crippen molar-refractivity contribution in [3.8, 4) is 0 Å². The summed E-state index contributed by atoms with van der Waals surface area (Å²) >= 11 is 0. The molecule has 2 saturated carbocycles. The van der Waals surface area contributed by atoms with Crippen LogP contribution in [-0.2, 0) is 4.74 Å². The number of fused-ring (bicyclic) bond motifs is 3. The molecule has 138 valence electrons. The van der Waals surface area contributed by atoms with Crippen molar-refractivity contribution < 1.29 is 25.2 Å². The van der Waals surface area contributed by atoms with E-state index >= 15 is 0 Å². The molecule has 0 aromatic heterocycles. The third-order valence-corrected chi connectivity index (χ3v) is 7.26. The summed E-state index contributed by atoms with van der Waals surface area (Å²) in [5.74, 6) is -0.736. The fourth-order valence-corrected chi connectivity index (χ4v) is 6.05. The van der Waals surface area contributed by atoms with Crippen LogP contribution in [0.1, 0.15) is 47.0 Å². The Labute approximate surface area is 144 Å². The summed E-state index contributed by atoms with van der Waals surface area (Å²) in [4.78, 5) is 0. The molecule has 3 unspecified atom stereocenters. The lowest BCUT2D eigenvalue weighted by molar-refractivity contribution is -0.315. The quantitative estimate of drug-likeness (QED) is 0.539. The van der Waals surface area contributed by atoms with Crippen molar-refractivity contribution in [1.29, 1.82) is 0 Å². The normalized spacial score (nSPS) is 56.9. The van der Waals surface area contributed by atoms with Crippen LogP contribution in [0.25, 0.3) is 0 Å². The lowest BCUT2D eigenvalue weighted by atomic mass is 9.44. The molecular formula is C19H32O5. The number of aliphatic hydroxyl groups is 4. The topological polar surface area (TPSA) is 90.2 Å². The summed E-state index contributed by atoms with van der Waals surface area (Å²) in [7, 11) is 0. The number of ether oxygens (including phenoxy) is 1. The lowest BCUT2D eigenvalue weighted by Gasteiger charge is -2.66. The van der Waals surface area contributed by atoms with Gasteiger partial charge in [-0.1, -0.05) is 26.8 Å². The molecule has 3 aliphatic rings. The monoisotopic (exact) mass is 340 g/mol. The fourth-order valence-electron chi connectivity index (χ4n) is 6.05. The maximum Gasteiger partial charge on any atom is 0.107 e. The molecule has 5 heteroatoms. The molecule has 1 saturated heterocycles. The first-order valence-electron chi connectivity index (χ1n) is 9.01. The molecule has 0 bridgehead atoms. The van der Waals surface area contributed by atoms with Crippen LogP contribution < -0.4 is 0 Å². The van der Waals surface area contributed by atoms with Crippen LogP contribution >= 0.6 is 0 Å². The van der Waals surface area contributed by atoms with E-state index in [-0.39, 0.29) is 11.3 Å². The highest BCUT2D eigenvalue weighted by atomic mass is 16.5. The molecule has 0 amide bonds. The van der Waals surface area contributed by atoms with E-state index in [2.05, 4.69) is 20.4 Å². The van der Waals surface area contributed by atoms with Crippen LogP contribution in [0.2, 0.25) is 0 Å². The molecule has 1 heterocycles. The van der Waals surface area contributed by atoms with Gasteiger partial charge in [0.1, 0.15) is 6.10 Å². The largest absolute Gasteiger partial charge is 0.393 e. The minimum absolute atomic E-state index is 0.238. The van der Waals surface area contributed by atoms with E-state index in [0.29, 0.717) is 12.8 Å². The molecule has 4 N–H and O–H groups in total. The lowest BCUT2D eigenvalue weighted by Crippen LogP contribution is -2.73. The van der Waals surface area contributed by atoms with Gasteiger partial charge >= 0.3 is 0 Å². The van der Waals surface area contributed by atoms with Gasteiger partial charge in [-0.3, -0.25) is 0 Å². The number of aliphatic hydroxyl groups excluding tert-OH is 4. The Hall–Kier alpha value is -0.460.